The summed E-state index contributed by atoms with van der Waals surface area (Å²) in [6.07, 6.45) is 2.95. The summed E-state index contributed by atoms with van der Waals surface area (Å²) in [6.45, 7) is 4.20. The van der Waals surface area contributed by atoms with Crippen LogP contribution >= 0.6 is 11.6 Å². The number of pyridine rings is 1. The summed E-state index contributed by atoms with van der Waals surface area (Å²) in [5.41, 5.74) is 10.5. The number of aryl methyl sites for hydroxylation is 1. The van der Waals surface area contributed by atoms with Gasteiger partial charge in [0, 0.05) is 28.4 Å². The van der Waals surface area contributed by atoms with Gasteiger partial charge >= 0.3 is 0 Å². The minimum atomic E-state index is -3.73. The quantitative estimate of drug-likeness (QED) is 0.365. The van der Waals surface area contributed by atoms with E-state index >= 15 is 0 Å². The summed E-state index contributed by atoms with van der Waals surface area (Å²) in [7, 11) is -3.73. The molecule has 1 aromatic carbocycles. The molecule has 0 spiro atoms. The van der Waals surface area contributed by atoms with Gasteiger partial charge in [-0.3, -0.25) is 0 Å². The second-order valence-corrected chi connectivity index (χ2v) is 8.62. The van der Waals surface area contributed by atoms with Crippen LogP contribution in [0.4, 0.5) is 0 Å². The lowest BCUT2D eigenvalue weighted by Gasteiger charge is -2.15. The first-order valence-electron chi connectivity index (χ1n) is 7.98. The Morgan fingerprint density at radius 1 is 1.44 bits per heavy atom. The predicted molar refractivity (Wildman–Crippen MR) is 97.0 cm³/mol. The van der Waals surface area contributed by atoms with E-state index in [1.165, 1.54) is 0 Å². The Morgan fingerprint density at radius 3 is 2.88 bits per heavy atom. The molecule has 0 saturated heterocycles. The van der Waals surface area contributed by atoms with E-state index in [9.17, 15) is 8.42 Å². The number of hydrogen-bond donors (Lipinski definition) is 1. The fraction of sp³-hybridized carbons (Fsp3) is 0.438. The first kappa shape index (κ1) is 17.9. The number of azide groups is 1. The molecule has 9 heteroatoms. The van der Waals surface area contributed by atoms with Gasteiger partial charge < -0.3 is 0 Å². The van der Waals surface area contributed by atoms with Gasteiger partial charge in [-0.2, -0.15) is 0 Å². The van der Waals surface area contributed by atoms with E-state index in [0.29, 0.717) is 24.8 Å². The van der Waals surface area contributed by atoms with Crippen LogP contribution in [0.25, 0.3) is 21.2 Å². The lowest BCUT2D eigenvalue weighted by atomic mass is 10.0. The van der Waals surface area contributed by atoms with Crippen LogP contribution in [0.15, 0.2) is 28.3 Å². The zero-order valence-electron chi connectivity index (χ0n) is 13.9. The van der Waals surface area contributed by atoms with Crippen molar-refractivity contribution in [3.63, 3.8) is 0 Å². The number of fused-ring (bicyclic) bond motifs is 3. The van der Waals surface area contributed by atoms with Gasteiger partial charge in [-0.25, -0.2) is 18.1 Å². The van der Waals surface area contributed by atoms with Gasteiger partial charge in [0.25, 0.3) is 0 Å². The largest absolute Gasteiger partial charge is 0.244 e. The molecule has 1 N–H and O–H groups in total. The number of halogens is 1. The number of hydrogen-bond acceptors (Lipinski definition) is 4. The summed E-state index contributed by atoms with van der Waals surface area (Å²) in [5.74, 6) is 0.177. The molecule has 1 aliphatic rings. The Bertz CT molecular complexity index is 984. The van der Waals surface area contributed by atoms with Gasteiger partial charge in [-0.15, -0.1) is 0 Å². The summed E-state index contributed by atoms with van der Waals surface area (Å²) < 4.78 is 28.3. The van der Waals surface area contributed by atoms with Gasteiger partial charge in [0.1, 0.15) is 5.15 Å². The van der Waals surface area contributed by atoms with E-state index in [0.717, 1.165) is 16.5 Å². The topological polar surface area (TPSA) is 108 Å². The second kappa shape index (κ2) is 6.80. The molecule has 0 saturated carbocycles. The predicted octanol–water partition coefficient (Wildman–Crippen LogP) is 4.12. The van der Waals surface area contributed by atoms with Crippen LogP contribution in [0.1, 0.15) is 37.4 Å². The Hall–Kier alpha value is -1.86. The molecule has 1 aliphatic carbocycles. The molecule has 132 valence electrons. The van der Waals surface area contributed by atoms with E-state index in [2.05, 4.69) is 19.7 Å². The van der Waals surface area contributed by atoms with Crippen LogP contribution in [-0.4, -0.2) is 19.9 Å². The lowest BCUT2D eigenvalue weighted by molar-refractivity contribution is 0.560. The fourth-order valence-electron chi connectivity index (χ4n) is 3.11. The number of nitrogens with zero attached hydrogens (tertiary/aromatic N) is 4. The molecule has 25 heavy (non-hydrogen) atoms. The highest BCUT2D eigenvalue weighted by molar-refractivity contribution is 7.89. The Morgan fingerprint density at radius 2 is 2.20 bits per heavy atom. The number of sulfonamides is 1. The monoisotopic (exact) mass is 379 g/mol. The molecule has 1 atom stereocenters. The van der Waals surface area contributed by atoms with Crippen LogP contribution < -0.4 is 4.72 Å². The highest BCUT2D eigenvalue weighted by atomic mass is 35.5. The van der Waals surface area contributed by atoms with E-state index in [-0.39, 0.29) is 22.0 Å². The van der Waals surface area contributed by atoms with Crippen LogP contribution in [0.2, 0.25) is 5.15 Å². The molecule has 0 radical (unpaired) electrons. The van der Waals surface area contributed by atoms with Crippen molar-refractivity contribution < 1.29 is 8.42 Å². The molecular formula is C16H18ClN5O2S. The van der Waals surface area contributed by atoms with Crippen molar-refractivity contribution in [1.29, 1.82) is 0 Å². The van der Waals surface area contributed by atoms with Gasteiger partial charge in [0.2, 0.25) is 10.0 Å². The average molecular weight is 380 g/mol. The Labute approximate surface area is 151 Å². The van der Waals surface area contributed by atoms with E-state index in [1.54, 1.807) is 18.3 Å². The van der Waals surface area contributed by atoms with E-state index in [4.69, 9.17) is 17.1 Å². The first-order valence-corrected chi connectivity index (χ1v) is 9.84. The molecule has 7 nitrogen and oxygen atoms in total. The van der Waals surface area contributed by atoms with Gasteiger partial charge in [-0.1, -0.05) is 30.6 Å². The molecule has 0 aliphatic heterocycles. The Kier molecular flexibility index (Phi) is 4.88. The van der Waals surface area contributed by atoms with Crippen molar-refractivity contribution in [3.05, 3.63) is 45.1 Å². The third-order valence-corrected chi connectivity index (χ3v) is 5.96. The highest BCUT2D eigenvalue weighted by Crippen LogP contribution is 2.41. The van der Waals surface area contributed by atoms with Crippen molar-refractivity contribution in [2.75, 3.05) is 6.54 Å². The summed E-state index contributed by atoms with van der Waals surface area (Å²) in [4.78, 5) is 7.13. The molecule has 3 rings (SSSR count). The van der Waals surface area contributed by atoms with Crippen LogP contribution in [0, 0.1) is 5.92 Å². The minimum Gasteiger partial charge on any atom is -0.244 e. The fourth-order valence-corrected chi connectivity index (χ4v) is 4.71. The van der Waals surface area contributed by atoms with Gasteiger partial charge in [0.15, 0.2) is 0 Å². The average Bonchev–Trinajstić information content (AvgIpc) is 2.95. The molecule has 0 bridgehead atoms. The van der Waals surface area contributed by atoms with Crippen molar-refractivity contribution in [3.8, 4) is 0 Å². The number of nitrogens with one attached hydrogen (secondary N) is 1. The van der Waals surface area contributed by atoms with Crippen molar-refractivity contribution in [1.82, 2.24) is 9.71 Å². The van der Waals surface area contributed by atoms with Crippen molar-refractivity contribution in [2.45, 2.75) is 37.6 Å². The molecule has 1 heterocycles. The second-order valence-electron chi connectivity index (χ2n) is 6.50. The van der Waals surface area contributed by atoms with Crippen molar-refractivity contribution in [2.24, 2.45) is 11.0 Å². The molecule has 0 amide bonds. The minimum absolute atomic E-state index is 0.145. The van der Waals surface area contributed by atoms with Crippen molar-refractivity contribution >= 4 is 32.4 Å². The maximum atomic E-state index is 12.8. The third-order valence-electron chi connectivity index (χ3n) is 4.29. The van der Waals surface area contributed by atoms with Crippen LogP contribution in [0.5, 0.6) is 0 Å². The summed E-state index contributed by atoms with van der Waals surface area (Å²) in [6, 6.07) is 2.82. The number of aromatic nitrogens is 1. The van der Waals surface area contributed by atoms with E-state index < -0.39 is 10.0 Å². The van der Waals surface area contributed by atoms with Gasteiger partial charge in [-0.05, 0) is 47.6 Å². The first-order chi connectivity index (χ1) is 11.8. The third kappa shape index (κ3) is 3.43. The zero-order valence-corrected chi connectivity index (χ0v) is 15.5. The van der Waals surface area contributed by atoms with Gasteiger partial charge in [0.05, 0.1) is 10.9 Å². The van der Waals surface area contributed by atoms with E-state index in [1.807, 2.05) is 13.8 Å². The molecule has 0 fully saturated rings. The lowest BCUT2D eigenvalue weighted by Crippen LogP contribution is -2.28. The number of benzene rings is 1. The SMILES string of the molecule is CC(C)CNS(=O)(=O)c1cc2c(c3cnc(Cl)cc13)CCC2N=[N+]=[N-]. The van der Waals surface area contributed by atoms with Crippen LogP contribution in [-0.2, 0) is 16.4 Å². The normalized spacial score (nSPS) is 16.9. The zero-order chi connectivity index (χ0) is 18.2. The standard InChI is InChI=1S/C16H18ClN5O2S/c1-9(2)7-20-25(23,24)15-5-11-10(3-4-14(11)21-22-18)13-8-19-16(17)6-12(13)15/h5-6,8-9,14,20H,3-4,7H2,1-2H3. The molecular weight excluding hydrogens is 362 g/mol. The molecule has 2 aromatic rings. The maximum Gasteiger partial charge on any atom is 0.241 e. The molecule has 1 unspecified atom stereocenters. The smallest absolute Gasteiger partial charge is 0.241 e. The highest BCUT2D eigenvalue weighted by Gasteiger charge is 2.28. The summed E-state index contributed by atoms with van der Waals surface area (Å²) >= 11 is 6.00. The van der Waals surface area contributed by atoms with Crippen LogP contribution in [0.3, 0.4) is 0 Å². The Balaban J connectivity index is 2.25. The maximum absolute atomic E-state index is 12.8. The number of rotatable bonds is 5. The molecule has 1 aromatic heterocycles. The summed E-state index contributed by atoms with van der Waals surface area (Å²) in [5, 5.41) is 5.32.